The second-order valence-corrected chi connectivity index (χ2v) is 8.88. The van der Waals surface area contributed by atoms with E-state index >= 15 is 0 Å². The third-order valence-corrected chi connectivity index (χ3v) is 6.71. The first kappa shape index (κ1) is 22.2. The van der Waals surface area contributed by atoms with Gasteiger partial charge in [0.2, 0.25) is 10.0 Å². The van der Waals surface area contributed by atoms with Gasteiger partial charge < -0.3 is 15.8 Å². The fraction of sp³-hybridized carbons (Fsp3) is 0.500. The van der Waals surface area contributed by atoms with Crippen LogP contribution >= 0.6 is 35.8 Å². The summed E-state index contributed by atoms with van der Waals surface area (Å²) in [4.78, 5) is 12.2. The zero-order valence-electron chi connectivity index (χ0n) is 13.7. The zero-order valence-corrected chi connectivity index (χ0v) is 16.9. The van der Waals surface area contributed by atoms with Gasteiger partial charge in [0.05, 0.1) is 29.1 Å². The molecular formula is C14H21Cl2N3O4S2. The second-order valence-electron chi connectivity index (χ2n) is 5.16. The highest BCUT2D eigenvalue weighted by molar-refractivity contribution is 7.99. The van der Waals surface area contributed by atoms with Gasteiger partial charge in [-0.1, -0.05) is 11.6 Å². The molecule has 1 aromatic rings. The van der Waals surface area contributed by atoms with E-state index in [-0.39, 0.29) is 41.0 Å². The fourth-order valence-corrected chi connectivity index (χ4v) is 4.91. The van der Waals surface area contributed by atoms with Crippen molar-refractivity contribution in [2.75, 3.05) is 49.7 Å². The SMILES string of the molecule is COc1cc(N)c(Cl)cc1C(=O)NCCS(=O)(=O)N1CCSCC1.Cl. The number of nitrogen functional groups attached to an aromatic ring is 1. The third kappa shape index (κ3) is 5.82. The minimum absolute atomic E-state index is 0. The molecule has 1 heterocycles. The number of anilines is 1. The van der Waals surface area contributed by atoms with Crippen molar-refractivity contribution in [1.29, 1.82) is 0 Å². The lowest BCUT2D eigenvalue weighted by molar-refractivity contribution is 0.0953. The average Bonchev–Trinajstić information content (AvgIpc) is 2.57. The lowest BCUT2D eigenvalue weighted by Crippen LogP contribution is -2.41. The molecule has 1 amide bonds. The van der Waals surface area contributed by atoms with E-state index in [0.717, 1.165) is 11.5 Å². The van der Waals surface area contributed by atoms with Crippen LogP contribution < -0.4 is 15.8 Å². The van der Waals surface area contributed by atoms with E-state index in [0.29, 0.717) is 18.8 Å². The summed E-state index contributed by atoms with van der Waals surface area (Å²) >= 11 is 7.66. The highest BCUT2D eigenvalue weighted by Gasteiger charge is 2.24. The number of methoxy groups -OCH3 is 1. The highest BCUT2D eigenvalue weighted by Crippen LogP contribution is 2.28. The molecule has 1 fully saturated rings. The van der Waals surface area contributed by atoms with Gasteiger partial charge in [0.25, 0.3) is 5.91 Å². The van der Waals surface area contributed by atoms with Gasteiger partial charge in [0.1, 0.15) is 5.75 Å². The number of sulfonamides is 1. The van der Waals surface area contributed by atoms with Gasteiger partial charge in [0.15, 0.2) is 0 Å². The first-order valence-corrected chi connectivity index (χ1v) is 10.5. The molecule has 1 aliphatic rings. The predicted octanol–water partition coefficient (Wildman–Crippen LogP) is 1.46. The average molecular weight is 430 g/mol. The van der Waals surface area contributed by atoms with Crippen molar-refractivity contribution in [3.05, 3.63) is 22.7 Å². The van der Waals surface area contributed by atoms with E-state index in [1.165, 1.54) is 23.5 Å². The van der Waals surface area contributed by atoms with Crippen LogP contribution in [0.2, 0.25) is 5.02 Å². The van der Waals surface area contributed by atoms with Crippen LogP contribution in [-0.4, -0.2) is 62.6 Å². The minimum atomic E-state index is -3.36. The molecule has 3 N–H and O–H groups in total. The quantitative estimate of drug-likeness (QED) is 0.663. The van der Waals surface area contributed by atoms with Crippen LogP contribution in [0, 0.1) is 0 Å². The number of carbonyl (C=O) groups excluding carboxylic acids is 1. The Hall–Kier alpha value is -0.870. The molecule has 0 saturated carbocycles. The molecule has 0 aliphatic carbocycles. The van der Waals surface area contributed by atoms with E-state index in [4.69, 9.17) is 22.1 Å². The van der Waals surface area contributed by atoms with Crippen molar-refractivity contribution < 1.29 is 17.9 Å². The van der Waals surface area contributed by atoms with Gasteiger partial charge in [0, 0.05) is 37.2 Å². The Morgan fingerprint density at radius 1 is 1.40 bits per heavy atom. The Morgan fingerprint density at radius 2 is 2.04 bits per heavy atom. The summed E-state index contributed by atoms with van der Waals surface area (Å²) in [5, 5.41) is 2.82. The van der Waals surface area contributed by atoms with Crippen molar-refractivity contribution >= 4 is 57.4 Å². The minimum Gasteiger partial charge on any atom is -0.496 e. The number of thioether (sulfide) groups is 1. The van der Waals surface area contributed by atoms with E-state index in [1.54, 1.807) is 11.8 Å². The van der Waals surface area contributed by atoms with E-state index in [2.05, 4.69) is 5.32 Å². The second kappa shape index (κ2) is 9.72. The third-order valence-electron chi connectivity index (χ3n) is 3.57. The van der Waals surface area contributed by atoms with Crippen molar-refractivity contribution in [3.63, 3.8) is 0 Å². The molecule has 7 nitrogen and oxygen atoms in total. The number of carbonyl (C=O) groups is 1. The zero-order chi connectivity index (χ0) is 17.7. The number of benzene rings is 1. The molecule has 0 bridgehead atoms. The first-order valence-electron chi connectivity index (χ1n) is 7.32. The molecule has 1 saturated heterocycles. The molecule has 0 unspecified atom stereocenters. The van der Waals surface area contributed by atoms with Gasteiger partial charge in [-0.3, -0.25) is 4.79 Å². The summed E-state index contributed by atoms with van der Waals surface area (Å²) in [6, 6.07) is 2.86. The standard InChI is InChI=1S/C14H20ClN3O4S2.ClH/c1-22-13-9-12(16)11(15)8-10(13)14(19)17-2-7-24(20,21)18-3-5-23-6-4-18;/h8-9H,2-7,16H2,1H3,(H,17,19);1H. The van der Waals surface area contributed by atoms with Gasteiger partial charge in [-0.05, 0) is 6.07 Å². The largest absolute Gasteiger partial charge is 0.496 e. The Labute approximate surface area is 163 Å². The smallest absolute Gasteiger partial charge is 0.255 e. The molecule has 1 aliphatic heterocycles. The van der Waals surface area contributed by atoms with Crippen LogP contribution in [0.3, 0.4) is 0 Å². The van der Waals surface area contributed by atoms with E-state index in [1.807, 2.05) is 0 Å². The van der Waals surface area contributed by atoms with Crippen molar-refractivity contribution in [2.24, 2.45) is 0 Å². The fourth-order valence-electron chi connectivity index (χ4n) is 2.26. The number of amides is 1. The highest BCUT2D eigenvalue weighted by atomic mass is 35.5. The van der Waals surface area contributed by atoms with Crippen LogP contribution in [0.15, 0.2) is 12.1 Å². The summed E-state index contributed by atoms with van der Waals surface area (Å²) in [5.74, 6) is 1.27. The summed E-state index contributed by atoms with van der Waals surface area (Å²) in [5.41, 5.74) is 6.19. The lowest BCUT2D eigenvalue weighted by atomic mass is 10.1. The number of hydrogen-bond acceptors (Lipinski definition) is 6. The van der Waals surface area contributed by atoms with Gasteiger partial charge in [-0.15, -0.1) is 12.4 Å². The normalized spacial score (nSPS) is 15.3. The monoisotopic (exact) mass is 429 g/mol. The summed E-state index contributed by atoms with van der Waals surface area (Å²) in [6.45, 7) is 1.04. The molecule has 11 heteroatoms. The van der Waals surface area contributed by atoms with E-state index in [9.17, 15) is 13.2 Å². The Kier molecular flexibility index (Phi) is 8.62. The number of hydrogen-bond donors (Lipinski definition) is 2. The molecule has 0 atom stereocenters. The van der Waals surface area contributed by atoms with E-state index < -0.39 is 15.9 Å². The van der Waals surface area contributed by atoms with Crippen LogP contribution in [0.1, 0.15) is 10.4 Å². The van der Waals surface area contributed by atoms with Crippen LogP contribution in [0.25, 0.3) is 0 Å². The number of rotatable bonds is 6. The topological polar surface area (TPSA) is 102 Å². The molecule has 2 rings (SSSR count). The van der Waals surface area contributed by atoms with Crippen molar-refractivity contribution in [2.45, 2.75) is 0 Å². The van der Waals surface area contributed by atoms with Crippen LogP contribution in [-0.2, 0) is 10.0 Å². The summed E-state index contributed by atoms with van der Waals surface area (Å²) < 4.78 is 31.0. The molecule has 0 aromatic heterocycles. The predicted molar refractivity (Wildman–Crippen MR) is 105 cm³/mol. The van der Waals surface area contributed by atoms with Gasteiger partial charge in [-0.2, -0.15) is 11.8 Å². The Balaban J connectivity index is 0.00000312. The Bertz CT molecular complexity index is 710. The summed E-state index contributed by atoms with van der Waals surface area (Å²) in [7, 11) is -1.95. The number of nitrogens with two attached hydrogens (primary N) is 1. The molecule has 142 valence electrons. The van der Waals surface area contributed by atoms with Gasteiger partial charge in [-0.25, -0.2) is 12.7 Å². The molecule has 25 heavy (non-hydrogen) atoms. The summed E-state index contributed by atoms with van der Waals surface area (Å²) in [6.07, 6.45) is 0. The van der Waals surface area contributed by atoms with Crippen LogP contribution in [0.5, 0.6) is 5.75 Å². The maximum atomic E-state index is 12.2. The van der Waals surface area contributed by atoms with Gasteiger partial charge >= 0.3 is 0 Å². The van der Waals surface area contributed by atoms with Crippen LogP contribution in [0.4, 0.5) is 5.69 Å². The molecule has 0 spiro atoms. The Morgan fingerprint density at radius 3 is 2.64 bits per heavy atom. The van der Waals surface area contributed by atoms with Crippen molar-refractivity contribution in [1.82, 2.24) is 9.62 Å². The number of nitrogens with zero attached hydrogens (tertiary/aromatic N) is 1. The maximum Gasteiger partial charge on any atom is 0.255 e. The molecule has 1 aromatic carbocycles. The number of halogens is 2. The maximum absolute atomic E-state index is 12.2. The number of ether oxygens (including phenoxy) is 1. The lowest BCUT2D eigenvalue weighted by Gasteiger charge is -2.25. The molecule has 0 radical (unpaired) electrons. The molecular weight excluding hydrogens is 409 g/mol. The first-order chi connectivity index (χ1) is 11.3. The number of nitrogens with one attached hydrogen (secondary N) is 1. The van der Waals surface area contributed by atoms with Crippen molar-refractivity contribution in [3.8, 4) is 5.75 Å².